The maximum Gasteiger partial charge on any atom is 0.267 e. The van der Waals surface area contributed by atoms with Crippen molar-refractivity contribution in [1.82, 2.24) is 4.90 Å². The lowest BCUT2D eigenvalue weighted by molar-refractivity contribution is -0.112. The molecule has 0 aromatic heterocycles. The lowest BCUT2D eigenvalue weighted by Gasteiger charge is -2.38. The second kappa shape index (κ2) is 7.33. The van der Waals surface area contributed by atoms with Crippen molar-refractivity contribution in [1.29, 1.82) is 5.26 Å². The van der Waals surface area contributed by atoms with E-state index in [-0.39, 0.29) is 5.57 Å². The van der Waals surface area contributed by atoms with E-state index in [4.69, 9.17) is 11.6 Å². The molecule has 1 aliphatic heterocycles. The van der Waals surface area contributed by atoms with E-state index in [1.165, 1.54) is 6.42 Å². The number of para-hydroxylation sites is 1. The van der Waals surface area contributed by atoms with E-state index in [1.807, 2.05) is 6.07 Å². The van der Waals surface area contributed by atoms with Crippen LogP contribution in [-0.2, 0) is 4.79 Å². The molecule has 2 atom stereocenters. The molecule has 2 unspecified atom stereocenters. The highest BCUT2D eigenvalue weighted by molar-refractivity contribution is 6.33. The van der Waals surface area contributed by atoms with E-state index in [2.05, 4.69) is 24.1 Å². The molecule has 1 heterocycles. The summed E-state index contributed by atoms with van der Waals surface area (Å²) in [5.74, 6) is -0.430. The predicted octanol–water partition coefficient (Wildman–Crippen LogP) is 3.95. The summed E-state index contributed by atoms with van der Waals surface area (Å²) in [6.07, 6.45) is 5.01. The van der Waals surface area contributed by atoms with Gasteiger partial charge < -0.3 is 10.2 Å². The maximum atomic E-state index is 12.3. The van der Waals surface area contributed by atoms with Gasteiger partial charge in [0.15, 0.2) is 0 Å². The van der Waals surface area contributed by atoms with Gasteiger partial charge in [-0.3, -0.25) is 4.79 Å². The minimum Gasteiger partial charge on any atom is -0.371 e. The summed E-state index contributed by atoms with van der Waals surface area (Å²) in [5.41, 5.74) is 0.607. The van der Waals surface area contributed by atoms with E-state index in [1.54, 1.807) is 30.5 Å². The number of hydrogen-bond acceptors (Lipinski definition) is 3. The van der Waals surface area contributed by atoms with E-state index in [0.29, 0.717) is 22.8 Å². The minimum atomic E-state index is -0.430. The van der Waals surface area contributed by atoms with Gasteiger partial charge in [-0.15, -0.1) is 0 Å². The van der Waals surface area contributed by atoms with E-state index in [9.17, 15) is 10.1 Å². The molecule has 2 rings (SSSR count). The Morgan fingerprint density at radius 3 is 2.59 bits per heavy atom. The third-order valence-corrected chi connectivity index (χ3v) is 4.36. The molecule has 0 saturated carbocycles. The summed E-state index contributed by atoms with van der Waals surface area (Å²) in [6.45, 7) is 4.24. The summed E-state index contributed by atoms with van der Waals surface area (Å²) in [7, 11) is 0. The zero-order chi connectivity index (χ0) is 16.1. The van der Waals surface area contributed by atoms with Gasteiger partial charge in [-0.1, -0.05) is 23.7 Å². The summed E-state index contributed by atoms with van der Waals surface area (Å²) in [4.78, 5) is 14.4. The molecular formula is C17H20ClN3O. The molecule has 1 N–H and O–H groups in total. The monoisotopic (exact) mass is 317 g/mol. The number of likely N-dealkylation sites (tertiary alicyclic amines) is 1. The van der Waals surface area contributed by atoms with Gasteiger partial charge in [0, 0.05) is 18.3 Å². The van der Waals surface area contributed by atoms with E-state index >= 15 is 0 Å². The van der Waals surface area contributed by atoms with Crippen molar-refractivity contribution in [2.75, 3.05) is 5.32 Å². The zero-order valence-electron chi connectivity index (χ0n) is 12.8. The molecule has 0 radical (unpaired) electrons. The Morgan fingerprint density at radius 2 is 2.00 bits per heavy atom. The van der Waals surface area contributed by atoms with Crippen LogP contribution in [0.25, 0.3) is 0 Å². The standard InChI is InChI=1S/C17H20ClN3O/c1-12-6-5-7-13(2)21(12)11-14(10-19)17(22)20-16-9-4-3-8-15(16)18/h3-4,8-9,11-13H,5-7H2,1-2H3,(H,20,22)/b14-11-. The molecule has 116 valence electrons. The molecule has 0 aliphatic carbocycles. The molecule has 22 heavy (non-hydrogen) atoms. The first-order valence-electron chi connectivity index (χ1n) is 7.48. The summed E-state index contributed by atoms with van der Waals surface area (Å²) >= 11 is 6.03. The van der Waals surface area contributed by atoms with E-state index < -0.39 is 5.91 Å². The highest BCUT2D eigenvalue weighted by atomic mass is 35.5. The number of nitrogens with zero attached hydrogens (tertiary/aromatic N) is 2. The topological polar surface area (TPSA) is 56.1 Å². The smallest absolute Gasteiger partial charge is 0.267 e. The quantitative estimate of drug-likeness (QED) is 0.678. The van der Waals surface area contributed by atoms with Crippen molar-refractivity contribution >= 4 is 23.2 Å². The average Bonchev–Trinajstić information content (AvgIpc) is 2.49. The van der Waals surface area contributed by atoms with Gasteiger partial charge in [-0.2, -0.15) is 5.26 Å². The van der Waals surface area contributed by atoms with Crippen LogP contribution < -0.4 is 5.32 Å². The molecule has 1 aromatic rings. The molecule has 5 heteroatoms. The van der Waals surface area contributed by atoms with Crippen LogP contribution in [-0.4, -0.2) is 22.9 Å². The van der Waals surface area contributed by atoms with Crippen LogP contribution in [0, 0.1) is 11.3 Å². The molecule has 0 spiro atoms. The number of benzene rings is 1. The second-order valence-corrected chi connectivity index (χ2v) is 6.07. The van der Waals surface area contributed by atoms with Crippen molar-refractivity contribution in [2.24, 2.45) is 0 Å². The van der Waals surface area contributed by atoms with Crippen LogP contribution in [0.4, 0.5) is 5.69 Å². The van der Waals surface area contributed by atoms with Crippen LogP contribution in [0.1, 0.15) is 33.1 Å². The largest absolute Gasteiger partial charge is 0.371 e. The zero-order valence-corrected chi connectivity index (χ0v) is 13.6. The van der Waals surface area contributed by atoms with Crippen LogP contribution in [0.15, 0.2) is 36.0 Å². The summed E-state index contributed by atoms with van der Waals surface area (Å²) in [6, 6.07) is 9.64. The Labute approximate surface area is 136 Å². The number of nitriles is 1. The van der Waals surface area contributed by atoms with Crippen LogP contribution in [0.2, 0.25) is 5.02 Å². The number of piperidine rings is 1. The Kier molecular flexibility index (Phi) is 5.46. The molecule has 1 amide bonds. The van der Waals surface area contributed by atoms with Gasteiger partial charge >= 0.3 is 0 Å². The first-order valence-corrected chi connectivity index (χ1v) is 7.86. The highest BCUT2D eigenvalue weighted by Gasteiger charge is 2.23. The van der Waals surface area contributed by atoms with Gasteiger partial charge in [0.25, 0.3) is 5.91 Å². The minimum absolute atomic E-state index is 0.0977. The Morgan fingerprint density at radius 1 is 1.36 bits per heavy atom. The number of halogens is 1. The normalized spacial score (nSPS) is 22.1. The first kappa shape index (κ1) is 16.4. The molecule has 1 aliphatic rings. The fraction of sp³-hybridized carbons (Fsp3) is 0.412. The lowest BCUT2D eigenvalue weighted by Crippen LogP contribution is -2.40. The second-order valence-electron chi connectivity index (χ2n) is 5.66. The van der Waals surface area contributed by atoms with Crippen LogP contribution in [0.3, 0.4) is 0 Å². The summed E-state index contributed by atoms with van der Waals surface area (Å²) in [5, 5.41) is 12.5. The SMILES string of the molecule is CC1CCCC(C)N1/C=C(/C#N)C(=O)Nc1ccccc1Cl. The fourth-order valence-electron chi connectivity index (χ4n) is 2.74. The third kappa shape index (κ3) is 3.80. The predicted molar refractivity (Wildman–Crippen MR) is 88.4 cm³/mol. The summed E-state index contributed by atoms with van der Waals surface area (Å²) < 4.78 is 0. The number of carbonyl (C=O) groups excluding carboxylic acids is 1. The first-order chi connectivity index (χ1) is 10.5. The maximum absolute atomic E-state index is 12.3. The Bertz CT molecular complexity index is 611. The average molecular weight is 318 g/mol. The van der Waals surface area contributed by atoms with E-state index in [0.717, 1.165) is 12.8 Å². The van der Waals surface area contributed by atoms with Gasteiger partial charge in [-0.05, 0) is 45.2 Å². The van der Waals surface area contributed by atoms with Crippen molar-refractivity contribution in [3.8, 4) is 6.07 Å². The highest BCUT2D eigenvalue weighted by Crippen LogP contribution is 2.24. The third-order valence-electron chi connectivity index (χ3n) is 4.03. The number of nitrogens with one attached hydrogen (secondary N) is 1. The number of rotatable bonds is 3. The van der Waals surface area contributed by atoms with Crippen LogP contribution >= 0.6 is 11.6 Å². The number of anilines is 1. The molecule has 1 saturated heterocycles. The molecule has 1 aromatic carbocycles. The van der Waals surface area contributed by atoms with Crippen molar-refractivity contribution < 1.29 is 4.79 Å². The van der Waals surface area contributed by atoms with Crippen molar-refractivity contribution in [3.05, 3.63) is 41.1 Å². The van der Waals surface area contributed by atoms with Crippen molar-refractivity contribution in [2.45, 2.75) is 45.2 Å². The number of carbonyl (C=O) groups is 1. The number of amides is 1. The Balaban J connectivity index is 2.17. The van der Waals surface area contributed by atoms with Crippen LogP contribution in [0.5, 0.6) is 0 Å². The Hall–Kier alpha value is -1.99. The van der Waals surface area contributed by atoms with Crippen molar-refractivity contribution in [3.63, 3.8) is 0 Å². The number of hydrogen-bond donors (Lipinski definition) is 1. The molecule has 1 fully saturated rings. The van der Waals surface area contributed by atoms with Gasteiger partial charge in [0.05, 0.1) is 10.7 Å². The lowest BCUT2D eigenvalue weighted by atomic mass is 9.98. The van der Waals surface area contributed by atoms with Gasteiger partial charge in [0.1, 0.15) is 11.6 Å². The van der Waals surface area contributed by atoms with Gasteiger partial charge in [0.2, 0.25) is 0 Å². The fourth-order valence-corrected chi connectivity index (χ4v) is 2.92. The molecule has 0 bridgehead atoms. The van der Waals surface area contributed by atoms with Gasteiger partial charge in [-0.25, -0.2) is 0 Å². The molecule has 4 nitrogen and oxygen atoms in total. The molecular weight excluding hydrogens is 298 g/mol.